The number of rotatable bonds is 7. The number of aromatic nitrogens is 4. The van der Waals surface area contributed by atoms with Gasteiger partial charge in [-0.05, 0) is 32.4 Å². The largest absolute Gasteiger partial charge is 0.419 e. The summed E-state index contributed by atoms with van der Waals surface area (Å²) in [6.07, 6.45) is 0.699. The van der Waals surface area contributed by atoms with Crippen LogP contribution in [0.15, 0.2) is 40.8 Å². The van der Waals surface area contributed by atoms with Crippen LogP contribution in [0.2, 0.25) is 0 Å². The zero-order valence-electron chi connectivity index (χ0n) is 15.3. The quantitative estimate of drug-likeness (QED) is 0.705. The van der Waals surface area contributed by atoms with Gasteiger partial charge >= 0.3 is 0 Å². The smallest absolute Gasteiger partial charge is 0.265 e. The van der Waals surface area contributed by atoms with Crippen molar-refractivity contribution in [2.24, 2.45) is 0 Å². The van der Waals surface area contributed by atoms with Gasteiger partial charge in [-0.3, -0.25) is 9.48 Å². The maximum absolute atomic E-state index is 12.2. The molecule has 26 heavy (non-hydrogen) atoms. The minimum atomic E-state index is -0.0458. The molecule has 0 aliphatic carbocycles. The summed E-state index contributed by atoms with van der Waals surface area (Å²) in [5, 5.41) is 15.5. The van der Waals surface area contributed by atoms with E-state index in [1.807, 2.05) is 61.9 Å². The Bertz CT molecular complexity index is 869. The second kappa shape index (κ2) is 7.95. The van der Waals surface area contributed by atoms with Gasteiger partial charge in [0, 0.05) is 19.4 Å². The number of carbonyl (C=O) groups excluding carboxylic acids is 1. The van der Waals surface area contributed by atoms with Crippen LogP contribution in [-0.4, -0.2) is 25.9 Å². The third-order valence-corrected chi connectivity index (χ3v) is 4.13. The summed E-state index contributed by atoms with van der Waals surface area (Å²) >= 11 is 0. The van der Waals surface area contributed by atoms with E-state index in [1.165, 1.54) is 0 Å². The topological polar surface area (TPSA) is 85.8 Å². The SMILES string of the molecule is CCn1nc(C)cc1-c1nnc(CCC(=O)NC(C)c2ccccc2)o1. The Hall–Kier alpha value is -2.96. The van der Waals surface area contributed by atoms with Crippen LogP contribution in [0.25, 0.3) is 11.6 Å². The highest BCUT2D eigenvalue weighted by Gasteiger charge is 2.16. The highest BCUT2D eigenvalue weighted by molar-refractivity contribution is 5.76. The van der Waals surface area contributed by atoms with Gasteiger partial charge in [-0.1, -0.05) is 30.3 Å². The molecule has 7 heteroatoms. The molecule has 0 fully saturated rings. The monoisotopic (exact) mass is 353 g/mol. The number of nitrogens with zero attached hydrogens (tertiary/aromatic N) is 4. The summed E-state index contributed by atoms with van der Waals surface area (Å²) in [5.41, 5.74) is 2.77. The van der Waals surface area contributed by atoms with Crippen molar-refractivity contribution in [1.82, 2.24) is 25.3 Å². The van der Waals surface area contributed by atoms with E-state index in [0.29, 0.717) is 24.6 Å². The van der Waals surface area contributed by atoms with E-state index in [1.54, 1.807) is 0 Å². The number of carbonyl (C=O) groups is 1. The van der Waals surface area contributed by atoms with Crippen LogP contribution in [0.3, 0.4) is 0 Å². The maximum atomic E-state index is 12.2. The normalized spacial score (nSPS) is 12.1. The molecule has 1 atom stereocenters. The number of hydrogen-bond donors (Lipinski definition) is 1. The molecule has 1 aromatic carbocycles. The molecule has 0 saturated heterocycles. The highest BCUT2D eigenvalue weighted by atomic mass is 16.4. The third-order valence-electron chi connectivity index (χ3n) is 4.13. The second-order valence-electron chi connectivity index (χ2n) is 6.19. The van der Waals surface area contributed by atoms with Crippen LogP contribution in [-0.2, 0) is 17.8 Å². The highest BCUT2D eigenvalue weighted by Crippen LogP contribution is 2.19. The molecule has 3 aromatic rings. The van der Waals surface area contributed by atoms with Gasteiger partial charge in [0.05, 0.1) is 11.7 Å². The molecule has 1 unspecified atom stereocenters. The Morgan fingerprint density at radius 2 is 2.04 bits per heavy atom. The van der Waals surface area contributed by atoms with Crippen molar-refractivity contribution >= 4 is 5.91 Å². The minimum absolute atomic E-state index is 0.0381. The number of aryl methyl sites for hydroxylation is 3. The standard InChI is InChI=1S/C19H23N5O2/c1-4-24-16(12-13(2)23-24)19-22-21-18(26-19)11-10-17(25)20-14(3)15-8-6-5-7-9-15/h5-9,12,14H,4,10-11H2,1-3H3,(H,20,25). The number of benzene rings is 1. The molecule has 1 N–H and O–H groups in total. The van der Waals surface area contributed by atoms with Crippen molar-refractivity contribution in [2.45, 2.75) is 46.2 Å². The fraction of sp³-hybridized carbons (Fsp3) is 0.368. The predicted molar refractivity (Wildman–Crippen MR) is 97.3 cm³/mol. The zero-order chi connectivity index (χ0) is 18.5. The first-order chi connectivity index (χ1) is 12.6. The van der Waals surface area contributed by atoms with Gasteiger partial charge in [0.25, 0.3) is 5.89 Å². The van der Waals surface area contributed by atoms with Gasteiger partial charge in [0.15, 0.2) is 0 Å². The van der Waals surface area contributed by atoms with Gasteiger partial charge in [-0.25, -0.2) is 0 Å². The Balaban J connectivity index is 1.57. The van der Waals surface area contributed by atoms with Gasteiger partial charge in [-0.15, -0.1) is 10.2 Å². The van der Waals surface area contributed by atoms with Crippen molar-refractivity contribution in [3.05, 3.63) is 53.5 Å². The lowest BCUT2D eigenvalue weighted by Gasteiger charge is -2.13. The predicted octanol–water partition coefficient (Wildman–Crippen LogP) is 3.07. The van der Waals surface area contributed by atoms with Crippen molar-refractivity contribution < 1.29 is 9.21 Å². The van der Waals surface area contributed by atoms with Crippen molar-refractivity contribution in [3.63, 3.8) is 0 Å². The van der Waals surface area contributed by atoms with Crippen molar-refractivity contribution in [2.75, 3.05) is 0 Å². The van der Waals surface area contributed by atoms with Crippen LogP contribution in [0.4, 0.5) is 0 Å². The fourth-order valence-corrected chi connectivity index (χ4v) is 2.78. The van der Waals surface area contributed by atoms with E-state index in [-0.39, 0.29) is 11.9 Å². The molecular weight excluding hydrogens is 330 g/mol. The Kier molecular flexibility index (Phi) is 5.46. The third kappa shape index (κ3) is 4.17. The Morgan fingerprint density at radius 1 is 1.27 bits per heavy atom. The lowest BCUT2D eigenvalue weighted by molar-refractivity contribution is -0.121. The van der Waals surface area contributed by atoms with E-state index in [2.05, 4.69) is 20.6 Å². The molecule has 0 aliphatic rings. The Morgan fingerprint density at radius 3 is 2.77 bits per heavy atom. The molecule has 0 bridgehead atoms. The molecule has 0 spiro atoms. The van der Waals surface area contributed by atoms with E-state index in [9.17, 15) is 4.79 Å². The van der Waals surface area contributed by atoms with E-state index in [0.717, 1.165) is 23.5 Å². The first kappa shape index (κ1) is 17.8. The van der Waals surface area contributed by atoms with Crippen LogP contribution >= 0.6 is 0 Å². The Labute approximate surface area is 152 Å². The van der Waals surface area contributed by atoms with E-state index in [4.69, 9.17) is 4.42 Å². The molecule has 2 heterocycles. The average Bonchev–Trinajstić information content (AvgIpc) is 3.26. The summed E-state index contributed by atoms with van der Waals surface area (Å²) in [7, 11) is 0. The molecule has 136 valence electrons. The summed E-state index contributed by atoms with van der Waals surface area (Å²) < 4.78 is 7.52. The lowest BCUT2D eigenvalue weighted by atomic mass is 10.1. The van der Waals surface area contributed by atoms with E-state index < -0.39 is 0 Å². The van der Waals surface area contributed by atoms with Crippen LogP contribution in [0.5, 0.6) is 0 Å². The van der Waals surface area contributed by atoms with E-state index >= 15 is 0 Å². The summed E-state index contributed by atoms with van der Waals surface area (Å²) in [6.45, 7) is 6.61. The first-order valence-corrected chi connectivity index (χ1v) is 8.78. The van der Waals surface area contributed by atoms with Crippen molar-refractivity contribution in [1.29, 1.82) is 0 Å². The van der Waals surface area contributed by atoms with Gasteiger partial charge in [0.2, 0.25) is 11.8 Å². The summed E-state index contributed by atoms with van der Waals surface area (Å²) in [6, 6.07) is 11.7. The number of hydrogen-bond acceptors (Lipinski definition) is 5. The fourth-order valence-electron chi connectivity index (χ4n) is 2.78. The van der Waals surface area contributed by atoms with Crippen LogP contribution < -0.4 is 5.32 Å². The second-order valence-corrected chi connectivity index (χ2v) is 6.19. The van der Waals surface area contributed by atoms with Crippen LogP contribution in [0.1, 0.15) is 43.5 Å². The minimum Gasteiger partial charge on any atom is -0.419 e. The molecule has 1 amide bonds. The zero-order valence-corrected chi connectivity index (χ0v) is 15.3. The molecular formula is C19H23N5O2. The van der Waals surface area contributed by atoms with Gasteiger partial charge in [0.1, 0.15) is 5.69 Å². The van der Waals surface area contributed by atoms with Gasteiger partial charge in [-0.2, -0.15) is 5.10 Å². The van der Waals surface area contributed by atoms with Crippen molar-refractivity contribution in [3.8, 4) is 11.6 Å². The van der Waals surface area contributed by atoms with Gasteiger partial charge < -0.3 is 9.73 Å². The first-order valence-electron chi connectivity index (χ1n) is 8.78. The molecule has 3 rings (SSSR count). The number of nitrogens with one attached hydrogen (secondary N) is 1. The summed E-state index contributed by atoms with van der Waals surface area (Å²) in [5.74, 6) is 0.833. The summed E-state index contributed by atoms with van der Waals surface area (Å²) in [4.78, 5) is 12.2. The molecule has 2 aromatic heterocycles. The lowest BCUT2D eigenvalue weighted by Crippen LogP contribution is -2.26. The molecule has 0 saturated carbocycles. The average molecular weight is 353 g/mol. The molecule has 7 nitrogen and oxygen atoms in total. The molecule has 0 aliphatic heterocycles. The maximum Gasteiger partial charge on any atom is 0.265 e. The van der Waals surface area contributed by atoms with Crippen LogP contribution in [0, 0.1) is 6.92 Å². The molecule has 0 radical (unpaired) electrons. The number of amides is 1.